The van der Waals surface area contributed by atoms with Gasteiger partial charge in [0.25, 0.3) is 0 Å². The van der Waals surface area contributed by atoms with Gasteiger partial charge in [0.05, 0.1) is 0 Å². The molecule has 0 aliphatic carbocycles. The molecule has 1 aliphatic heterocycles. The van der Waals surface area contributed by atoms with Crippen LogP contribution >= 0.6 is 18.5 Å². The lowest BCUT2D eigenvalue weighted by Crippen LogP contribution is -2.24. The predicted molar refractivity (Wildman–Crippen MR) is 143 cm³/mol. The normalized spacial score (nSPS) is 13.9. The molecule has 4 aromatic rings. The molecule has 0 bridgehead atoms. The molecule has 1 saturated heterocycles. The van der Waals surface area contributed by atoms with E-state index in [4.69, 9.17) is 0 Å². The van der Waals surface area contributed by atoms with Crippen LogP contribution < -0.4 is 5.32 Å². The van der Waals surface area contributed by atoms with E-state index in [1.165, 1.54) is 41.6 Å². The molecule has 1 aliphatic rings. The van der Waals surface area contributed by atoms with Gasteiger partial charge in [0.1, 0.15) is 0 Å². The van der Waals surface area contributed by atoms with Gasteiger partial charge in [0, 0.05) is 5.02 Å². The zero-order valence-corrected chi connectivity index (χ0v) is 20.1. The minimum atomic E-state index is 0.278. The van der Waals surface area contributed by atoms with Crippen LogP contribution in [0.25, 0.3) is 22.3 Å². The summed E-state index contributed by atoms with van der Waals surface area (Å²) in [4.78, 5) is 0. The van der Waals surface area contributed by atoms with Crippen molar-refractivity contribution in [3.05, 3.63) is 121 Å². The Labute approximate surface area is 191 Å². The molecule has 1 fully saturated rings. The molecule has 0 radical (unpaired) electrons. The molecule has 1 heterocycles. The first kappa shape index (κ1) is 23.4. The summed E-state index contributed by atoms with van der Waals surface area (Å²) in [6.45, 7) is 1.17. The highest BCUT2D eigenvalue weighted by atomic mass is 31.1. The van der Waals surface area contributed by atoms with Gasteiger partial charge in [0.2, 0.25) is 0 Å². The van der Waals surface area contributed by atoms with Crippen LogP contribution in [0.2, 0.25) is 0 Å². The predicted octanol–water partition coefficient (Wildman–Crippen LogP) is 7.48. The Morgan fingerprint density at radius 1 is 0.484 bits per heavy atom. The van der Waals surface area contributed by atoms with E-state index in [0.29, 0.717) is 0 Å². The fourth-order valence-electron chi connectivity index (χ4n) is 3.31. The maximum atomic E-state index is 3.32. The van der Waals surface area contributed by atoms with Gasteiger partial charge < -0.3 is 5.32 Å². The maximum absolute atomic E-state index is 3.32. The summed E-state index contributed by atoms with van der Waals surface area (Å²) in [6.07, 6.45) is 2.58. The van der Waals surface area contributed by atoms with Crippen LogP contribution in [0.3, 0.4) is 0 Å². The van der Waals surface area contributed by atoms with Crippen LogP contribution in [-0.4, -0.2) is 11.6 Å². The third kappa shape index (κ3) is 8.39. The zero-order chi connectivity index (χ0) is 21.8. The highest BCUT2D eigenvalue weighted by molar-refractivity contribution is 7.39. The third-order valence-corrected chi connectivity index (χ3v) is 5.97. The first-order valence-corrected chi connectivity index (χ1v) is 11.8. The van der Waals surface area contributed by atoms with Gasteiger partial charge in [-0.3, -0.25) is 0 Å². The summed E-state index contributed by atoms with van der Waals surface area (Å²) in [6, 6.07) is 41.6. The van der Waals surface area contributed by atoms with Crippen molar-refractivity contribution in [2.24, 2.45) is 0 Å². The van der Waals surface area contributed by atoms with Crippen molar-refractivity contribution < 1.29 is 0 Å². The maximum Gasteiger partial charge on any atom is 0.0462 e. The molecule has 4 aromatic carbocycles. The van der Waals surface area contributed by atoms with Crippen molar-refractivity contribution in [1.29, 1.82) is 0 Å². The molecule has 0 saturated carbocycles. The Hall–Kier alpha value is -2.30. The van der Waals surface area contributed by atoms with Gasteiger partial charge in [-0.1, -0.05) is 121 Å². The molecular weight excluding hydrogens is 412 g/mol. The summed E-state index contributed by atoms with van der Waals surface area (Å²) in [5, 5.41) is 3.60. The topological polar surface area (TPSA) is 12.0 Å². The minimum Gasteiger partial charge on any atom is -0.305 e. The molecular formula is C28H31NP2. The van der Waals surface area contributed by atoms with Crippen LogP contribution in [0.5, 0.6) is 0 Å². The molecule has 0 amide bonds. The molecule has 1 nitrogen and oxygen atoms in total. The highest BCUT2D eigenvalue weighted by Gasteiger charge is 2.21. The van der Waals surface area contributed by atoms with E-state index in [9.17, 15) is 0 Å². The van der Waals surface area contributed by atoms with E-state index >= 15 is 0 Å². The van der Waals surface area contributed by atoms with Crippen LogP contribution in [0, 0.1) is 0 Å². The second kappa shape index (κ2) is 12.5. The number of hydrogen-bond donors (Lipinski definition) is 1. The van der Waals surface area contributed by atoms with Crippen molar-refractivity contribution in [2.45, 2.75) is 17.9 Å². The van der Waals surface area contributed by atoms with Gasteiger partial charge >= 0.3 is 0 Å². The van der Waals surface area contributed by atoms with Crippen LogP contribution in [-0.2, 0) is 0 Å². The molecule has 2 atom stereocenters. The number of nitrogens with one attached hydrogen (secondary N) is 1. The van der Waals surface area contributed by atoms with Crippen molar-refractivity contribution in [3.63, 3.8) is 0 Å². The average Bonchev–Trinajstić information content (AvgIpc) is 3.26. The lowest BCUT2D eigenvalue weighted by atomic mass is 10.1. The van der Waals surface area contributed by atoms with E-state index in [1.54, 1.807) is 0 Å². The molecule has 158 valence electrons. The number of rotatable bonds is 2. The van der Waals surface area contributed by atoms with E-state index in [0.717, 1.165) is 0 Å². The number of hydrogen-bond acceptors (Lipinski definition) is 1. The second-order valence-electron chi connectivity index (χ2n) is 7.53. The highest BCUT2D eigenvalue weighted by Crippen LogP contribution is 2.32. The first-order valence-electron chi connectivity index (χ1n) is 10.7. The first-order chi connectivity index (χ1) is 15.1. The van der Waals surface area contributed by atoms with E-state index in [-0.39, 0.29) is 5.02 Å². The lowest BCUT2D eigenvalue weighted by Gasteiger charge is -2.15. The monoisotopic (exact) mass is 443 g/mol. The van der Waals surface area contributed by atoms with Gasteiger partial charge in [0.15, 0.2) is 0 Å². The fraction of sp³-hybridized carbons (Fsp3) is 0.143. The van der Waals surface area contributed by atoms with Crippen LogP contribution in [0.4, 0.5) is 0 Å². The van der Waals surface area contributed by atoms with E-state index in [2.05, 4.69) is 121 Å². The Balaban J connectivity index is 0.000000137. The average molecular weight is 444 g/mol. The van der Waals surface area contributed by atoms with Gasteiger partial charge in [-0.15, -0.1) is 18.5 Å². The van der Waals surface area contributed by atoms with E-state index < -0.39 is 0 Å². The molecule has 3 heteroatoms. The smallest absolute Gasteiger partial charge is 0.0462 e. The van der Waals surface area contributed by atoms with Crippen molar-refractivity contribution >= 4 is 18.5 Å². The van der Waals surface area contributed by atoms with Crippen molar-refractivity contribution in [1.82, 2.24) is 5.32 Å². The van der Waals surface area contributed by atoms with Gasteiger partial charge in [-0.25, -0.2) is 0 Å². The largest absolute Gasteiger partial charge is 0.305 e. The minimum absolute atomic E-state index is 0.278. The van der Waals surface area contributed by atoms with Gasteiger partial charge in [-0.05, 0) is 41.6 Å². The van der Waals surface area contributed by atoms with Crippen molar-refractivity contribution in [2.75, 3.05) is 6.54 Å². The Morgan fingerprint density at radius 2 is 0.774 bits per heavy atom. The zero-order valence-electron chi connectivity index (χ0n) is 17.8. The fourth-order valence-corrected chi connectivity index (χ4v) is 4.01. The Kier molecular flexibility index (Phi) is 9.44. The molecule has 1 N–H and O–H groups in total. The molecule has 5 rings (SSSR count). The summed E-state index contributed by atoms with van der Waals surface area (Å²) >= 11 is 0. The summed E-state index contributed by atoms with van der Waals surface area (Å²) in [5.74, 6) is 0. The number of benzene rings is 4. The second-order valence-corrected chi connectivity index (χ2v) is 10.3. The lowest BCUT2D eigenvalue weighted by molar-refractivity contribution is 0.751. The van der Waals surface area contributed by atoms with Crippen LogP contribution in [0.15, 0.2) is 121 Å². The Morgan fingerprint density at radius 3 is 0.935 bits per heavy atom. The van der Waals surface area contributed by atoms with Crippen LogP contribution in [0.1, 0.15) is 12.8 Å². The SMILES string of the molecule is PC1(P)CCCN1.c1ccc(-c2ccccc2)cc1.c1ccc(-c2ccccc2)cc1. The summed E-state index contributed by atoms with van der Waals surface area (Å²) in [5.41, 5.74) is 5.10. The van der Waals surface area contributed by atoms with Crippen molar-refractivity contribution in [3.8, 4) is 22.3 Å². The molecule has 0 aromatic heterocycles. The summed E-state index contributed by atoms with van der Waals surface area (Å²) < 4.78 is 0. The summed E-state index contributed by atoms with van der Waals surface area (Å²) in [7, 11) is 5.56. The van der Waals surface area contributed by atoms with E-state index in [1.807, 2.05) is 24.3 Å². The third-order valence-electron chi connectivity index (χ3n) is 4.98. The molecule has 31 heavy (non-hydrogen) atoms. The molecule has 2 unspecified atom stereocenters. The quantitative estimate of drug-likeness (QED) is 0.317. The standard InChI is InChI=1S/2C12H10.C4H11NP2/c2*1-3-7-11(8-4-1)12-9-5-2-6-10-12;6-4(7)2-1-3-5-4/h2*1-10H;5H,1-3,6-7H2. The van der Waals surface area contributed by atoms with Gasteiger partial charge in [-0.2, -0.15) is 0 Å². The molecule has 0 spiro atoms. The Bertz CT molecular complexity index is 830.